The van der Waals surface area contributed by atoms with Crippen molar-refractivity contribution in [2.45, 2.75) is 13.5 Å². The lowest BCUT2D eigenvalue weighted by atomic mass is 10.2. The van der Waals surface area contributed by atoms with Crippen molar-refractivity contribution < 1.29 is 27.2 Å². The average molecular weight is 431 g/mol. The Morgan fingerprint density at radius 3 is 2.45 bits per heavy atom. The molecule has 2 aromatic carbocycles. The predicted molar refractivity (Wildman–Crippen MR) is 101 cm³/mol. The molecular weight excluding hydrogens is 418 g/mol. The molecule has 0 radical (unpaired) electrons. The fourth-order valence-corrected chi connectivity index (χ4v) is 2.72. The van der Waals surface area contributed by atoms with Crippen LogP contribution in [0.25, 0.3) is 23.0 Å². The van der Waals surface area contributed by atoms with E-state index < -0.39 is 34.7 Å². The van der Waals surface area contributed by atoms with E-state index in [1.807, 2.05) is 0 Å². The van der Waals surface area contributed by atoms with E-state index in [9.17, 15) is 17.6 Å². The molecule has 0 fully saturated rings. The maximum absolute atomic E-state index is 14.1. The zero-order chi connectivity index (χ0) is 22.1. The molecule has 158 valence electrons. The fraction of sp³-hybridized carbons (Fsp3) is 0.100. The van der Waals surface area contributed by atoms with Gasteiger partial charge in [-0.1, -0.05) is 17.3 Å². The van der Waals surface area contributed by atoms with E-state index in [4.69, 9.17) is 9.63 Å². The van der Waals surface area contributed by atoms with Crippen molar-refractivity contribution in [2.24, 2.45) is 0 Å². The molecule has 0 bridgehead atoms. The maximum atomic E-state index is 14.1. The highest BCUT2D eigenvalue weighted by atomic mass is 19.2. The fourth-order valence-electron chi connectivity index (χ4n) is 2.72. The lowest BCUT2D eigenvalue weighted by Gasteiger charge is -2.07. The minimum Gasteiger partial charge on any atom is -0.503 e. The number of benzene rings is 2. The average Bonchev–Trinajstić information content (AvgIpc) is 3.24. The zero-order valence-corrected chi connectivity index (χ0v) is 15.8. The third kappa shape index (κ3) is 4.15. The molecule has 0 spiro atoms. The topological polar surface area (TPSA) is 97.0 Å². The summed E-state index contributed by atoms with van der Waals surface area (Å²) in [6.45, 7) is 2.01. The van der Waals surface area contributed by atoms with E-state index in [0.717, 1.165) is 5.56 Å². The van der Waals surface area contributed by atoms with Gasteiger partial charge in [0.2, 0.25) is 17.6 Å². The van der Waals surface area contributed by atoms with Gasteiger partial charge in [-0.25, -0.2) is 23.1 Å². The normalized spacial score (nSPS) is 11.0. The van der Waals surface area contributed by atoms with E-state index in [-0.39, 0.29) is 23.3 Å². The number of hydrogen-bond acceptors (Lipinski definition) is 7. The highest BCUT2D eigenvalue weighted by Gasteiger charge is 2.23. The Labute approximate surface area is 172 Å². The van der Waals surface area contributed by atoms with Crippen molar-refractivity contribution in [1.82, 2.24) is 20.1 Å². The van der Waals surface area contributed by atoms with Gasteiger partial charge in [0.1, 0.15) is 11.5 Å². The van der Waals surface area contributed by atoms with Gasteiger partial charge in [-0.15, -0.1) is 0 Å². The SMILES string of the molecule is Cc1cc(-c2noc(-c3cc(F)c(O)c(F)c3F)n2)nc(NCc2ccc(F)cc2)n1. The molecule has 2 N–H and O–H groups in total. The van der Waals surface area contributed by atoms with Crippen molar-refractivity contribution >= 4 is 5.95 Å². The molecule has 0 aliphatic rings. The monoisotopic (exact) mass is 431 g/mol. The molecule has 0 unspecified atom stereocenters. The number of aryl methyl sites for hydroxylation is 1. The van der Waals surface area contributed by atoms with Crippen LogP contribution in [0.15, 0.2) is 40.9 Å². The number of rotatable bonds is 5. The molecule has 0 amide bonds. The molecule has 4 aromatic rings. The van der Waals surface area contributed by atoms with Crippen LogP contribution in [0, 0.1) is 30.2 Å². The number of aromatic nitrogens is 4. The van der Waals surface area contributed by atoms with Gasteiger partial charge in [0.15, 0.2) is 17.4 Å². The van der Waals surface area contributed by atoms with Gasteiger partial charge in [0.25, 0.3) is 5.89 Å². The summed E-state index contributed by atoms with van der Waals surface area (Å²) in [4.78, 5) is 12.4. The summed E-state index contributed by atoms with van der Waals surface area (Å²) in [5.41, 5.74) is 0.906. The number of nitrogens with one attached hydrogen (secondary N) is 1. The number of aromatic hydroxyl groups is 1. The Hall–Kier alpha value is -4.02. The molecule has 0 saturated heterocycles. The first kappa shape index (κ1) is 20.3. The quantitative estimate of drug-likeness (QED) is 0.358. The molecule has 4 rings (SSSR count). The lowest BCUT2D eigenvalue weighted by Crippen LogP contribution is -2.05. The Bertz CT molecular complexity index is 1260. The highest BCUT2D eigenvalue weighted by Crippen LogP contribution is 2.31. The van der Waals surface area contributed by atoms with Crippen molar-refractivity contribution in [1.29, 1.82) is 0 Å². The van der Waals surface area contributed by atoms with E-state index in [2.05, 4.69) is 25.4 Å². The van der Waals surface area contributed by atoms with Crippen molar-refractivity contribution in [2.75, 3.05) is 5.32 Å². The van der Waals surface area contributed by atoms with Crippen molar-refractivity contribution in [3.63, 3.8) is 0 Å². The first-order valence-electron chi connectivity index (χ1n) is 8.86. The number of anilines is 1. The Balaban J connectivity index is 1.61. The van der Waals surface area contributed by atoms with Crippen LogP contribution >= 0.6 is 0 Å². The maximum Gasteiger partial charge on any atom is 0.261 e. The summed E-state index contributed by atoms with van der Waals surface area (Å²) in [6.07, 6.45) is 0. The molecule has 11 heteroatoms. The summed E-state index contributed by atoms with van der Waals surface area (Å²) in [5, 5.41) is 15.8. The van der Waals surface area contributed by atoms with Gasteiger partial charge in [-0.3, -0.25) is 0 Å². The molecular formula is C20H13F4N5O2. The molecule has 2 heterocycles. The predicted octanol–water partition coefficient (Wildman–Crippen LogP) is 4.38. The molecule has 7 nitrogen and oxygen atoms in total. The van der Waals surface area contributed by atoms with Gasteiger partial charge >= 0.3 is 0 Å². The van der Waals surface area contributed by atoms with Crippen LogP contribution in [0.3, 0.4) is 0 Å². The Morgan fingerprint density at radius 2 is 1.71 bits per heavy atom. The van der Waals surface area contributed by atoms with Crippen molar-refractivity contribution in [3.8, 4) is 28.7 Å². The number of nitrogens with zero attached hydrogens (tertiary/aromatic N) is 4. The van der Waals surface area contributed by atoms with E-state index in [0.29, 0.717) is 18.3 Å². The van der Waals surface area contributed by atoms with Gasteiger partial charge in [0.05, 0.1) is 5.56 Å². The second-order valence-electron chi connectivity index (χ2n) is 6.50. The molecule has 31 heavy (non-hydrogen) atoms. The number of phenolic OH excluding ortho intramolecular Hbond substituents is 1. The molecule has 2 aromatic heterocycles. The summed E-state index contributed by atoms with van der Waals surface area (Å²) in [6, 6.07) is 7.95. The molecule has 0 aliphatic carbocycles. The van der Waals surface area contributed by atoms with Gasteiger partial charge in [-0.2, -0.15) is 9.37 Å². The van der Waals surface area contributed by atoms with Gasteiger partial charge in [-0.05, 0) is 36.8 Å². The summed E-state index contributed by atoms with van der Waals surface area (Å²) >= 11 is 0. The summed E-state index contributed by atoms with van der Waals surface area (Å²) in [7, 11) is 0. The summed E-state index contributed by atoms with van der Waals surface area (Å²) in [5.74, 6) is -6.81. The number of phenols is 1. The zero-order valence-electron chi connectivity index (χ0n) is 15.8. The van der Waals surface area contributed by atoms with Gasteiger partial charge in [0, 0.05) is 12.2 Å². The first-order chi connectivity index (χ1) is 14.8. The summed E-state index contributed by atoms with van der Waals surface area (Å²) < 4.78 is 59.2. The van der Waals surface area contributed by atoms with E-state index in [1.165, 1.54) is 18.2 Å². The first-order valence-corrected chi connectivity index (χ1v) is 8.86. The van der Waals surface area contributed by atoms with Crippen LogP contribution in [0.4, 0.5) is 23.5 Å². The minimum atomic E-state index is -1.76. The van der Waals surface area contributed by atoms with E-state index in [1.54, 1.807) is 19.1 Å². The molecule has 0 atom stereocenters. The third-order valence-electron chi connectivity index (χ3n) is 4.24. The van der Waals surface area contributed by atoms with E-state index >= 15 is 0 Å². The number of hydrogen-bond donors (Lipinski definition) is 2. The van der Waals surface area contributed by atoms with Crippen LogP contribution in [0.1, 0.15) is 11.3 Å². The van der Waals surface area contributed by atoms with Crippen LogP contribution in [-0.2, 0) is 6.54 Å². The molecule has 0 aliphatic heterocycles. The highest BCUT2D eigenvalue weighted by molar-refractivity contribution is 5.60. The second kappa shape index (κ2) is 8.01. The largest absolute Gasteiger partial charge is 0.503 e. The Morgan fingerprint density at radius 1 is 0.968 bits per heavy atom. The molecule has 0 saturated carbocycles. The van der Waals surface area contributed by atoms with Crippen LogP contribution < -0.4 is 5.32 Å². The van der Waals surface area contributed by atoms with Crippen LogP contribution in [-0.4, -0.2) is 25.2 Å². The lowest BCUT2D eigenvalue weighted by molar-refractivity contribution is 0.374. The number of halogens is 4. The second-order valence-corrected chi connectivity index (χ2v) is 6.50. The van der Waals surface area contributed by atoms with Crippen molar-refractivity contribution in [3.05, 3.63) is 70.9 Å². The van der Waals surface area contributed by atoms with Crippen LogP contribution in [0.2, 0.25) is 0 Å². The minimum absolute atomic E-state index is 0.0707. The smallest absolute Gasteiger partial charge is 0.261 e. The third-order valence-corrected chi connectivity index (χ3v) is 4.24. The standard InChI is InChI=1S/C20H13F4N5O2/c1-9-6-14(27-20(26-9)25-8-10-2-4-11(21)5-3-10)18-28-19(31-29-18)12-7-13(22)17(30)16(24)15(12)23/h2-7,30H,8H2,1H3,(H,25,26,27). The Kier molecular flexibility index (Phi) is 5.24. The van der Waals surface area contributed by atoms with Crippen LogP contribution in [0.5, 0.6) is 5.75 Å². The van der Waals surface area contributed by atoms with Gasteiger partial charge < -0.3 is 14.9 Å².